The van der Waals surface area contributed by atoms with E-state index in [1.165, 1.54) is 12.2 Å². The summed E-state index contributed by atoms with van der Waals surface area (Å²) >= 11 is 17.2. The van der Waals surface area contributed by atoms with Crippen molar-refractivity contribution < 1.29 is 9.21 Å². The number of benzene rings is 1. The zero-order chi connectivity index (χ0) is 13.1. The van der Waals surface area contributed by atoms with Crippen molar-refractivity contribution in [3.05, 3.63) is 52.2 Å². The largest absolute Gasteiger partial charge is 0.457 e. The number of hydrogen-bond donors (Lipinski definition) is 0. The Kier molecular flexibility index (Phi) is 4.12. The number of halogens is 3. The minimum atomic E-state index is -0.561. The van der Waals surface area contributed by atoms with Crippen LogP contribution in [0.25, 0.3) is 17.4 Å². The summed E-state index contributed by atoms with van der Waals surface area (Å²) in [4.78, 5) is 10.6. The highest BCUT2D eigenvalue weighted by Gasteiger charge is 2.10. The number of carbonyl (C=O) groups excluding carboxylic acids is 1. The molecule has 0 radical (unpaired) electrons. The number of rotatable bonds is 3. The van der Waals surface area contributed by atoms with Crippen molar-refractivity contribution in [1.82, 2.24) is 0 Å². The van der Waals surface area contributed by atoms with Crippen LogP contribution < -0.4 is 0 Å². The monoisotopic (exact) mass is 300 g/mol. The second-order valence-electron chi connectivity index (χ2n) is 3.44. The van der Waals surface area contributed by atoms with Gasteiger partial charge in [-0.05, 0) is 41.9 Å². The van der Waals surface area contributed by atoms with Crippen LogP contribution in [-0.2, 0) is 4.79 Å². The lowest BCUT2D eigenvalue weighted by atomic mass is 10.2. The Hall–Kier alpha value is -1.22. The Morgan fingerprint density at radius 2 is 1.94 bits per heavy atom. The van der Waals surface area contributed by atoms with Crippen molar-refractivity contribution in [1.29, 1.82) is 0 Å². The van der Waals surface area contributed by atoms with Gasteiger partial charge < -0.3 is 4.42 Å². The SMILES string of the molecule is O=C(Cl)/C=C/c1ccc(-c2cccc(Cl)c2Cl)o1. The van der Waals surface area contributed by atoms with Gasteiger partial charge in [0.1, 0.15) is 11.5 Å². The molecule has 0 aliphatic heterocycles. The maximum absolute atomic E-state index is 10.6. The second-order valence-corrected chi connectivity index (χ2v) is 4.60. The van der Waals surface area contributed by atoms with E-state index in [0.29, 0.717) is 27.1 Å². The van der Waals surface area contributed by atoms with Gasteiger partial charge in [0.15, 0.2) is 0 Å². The van der Waals surface area contributed by atoms with Gasteiger partial charge in [-0.2, -0.15) is 0 Å². The van der Waals surface area contributed by atoms with Gasteiger partial charge in [0, 0.05) is 11.6 Å². The molecule has 0 unspecified atom stereocenters. The van der Waals surface area contributed by atoms with Crippen molar-refractivity contribution in [3.63, 3.8) is 0 Å². The number of allylic oxidation sites excluding steroid dienone is 1. The predicted octanol–water partition coefficient (Wildman–Crippen LogP) is 5.03. The molecule has 0 N–H and O–H groups in total. The van der Waals surface area contributed by atoms with Crippen molar-refractivity contribution >= 4 is 46.1 Å². The van der Waals surface area contributed by atoms with E-state index in [2.05, 4.69) is 0 Å². The van der Waals surface area contributed by atoms with E-state index >= 15 is 0 Å². The van der Waals surface area contributed by atoms with Crippen LogP contribution in [-0.4, -0.2) is 5.24 Å². The zero-order valence-electron chi connectivity index (χ0n) is 8.99. The first kappa shape index (κ1) is 13.2. The lowest BCUT2D eigenvalue weighted by Gasteiger charge is -2.01. The van der Waals surface area contributed by atoms with Crippen LogP contribution >= 0.6 is 34.8 Å². The number of hydrogen-bond acceptors (Lipinski definition) is 2. The van der Waals surface area contributed by atoms with Crippen LogP contribution in [0.2, 0.25) is 10.0 Å². The molecule has 0 aliphatic carbocycles. The van der Waals surface area contributed by atoms with Gasteiger partial charge in [-0.15, -0.1) is 0 Å². The van der Waals surface area contributed by atoms with Gasteiger partial charge in [0.2, 0.25) is 5.24 Å². The Morgan fingerprint density at radius 3 is 2.67 bits per heavy atom. The maximum atomic E-state index is 10.6. The fraction of sp³-hybridized carbons (Fsp3) is 0. The fourth-order valence-electron chi connectivity index (χ4n) is 1.43. The van der Waals surface area contributed by atoms with Gasteiger partial charge in [-0.25, -0.2) is 0 Å². The summed E-state index contributed by atoms with van der Waals surface area (Å²) < 4.78 is 5.52. The molecule has 5 heteroatoms. The summed E-state index contributed by atoms with van der Waals surface area (Å²) in [6.07, 6.45) is 2.70. The van der Waals surface area contributed by atoms with Crippen LogP contribution in [0.4, 0.5) is 0 Å². The molecule has 1 heterocycles. The lowest BCUT2D eigenvalue weighted by molar-refractivity contribution is -0.107. The molecule has 92 valence electrons. The zero-order valence-corrected chi connectivity index (χ0v) is 11.3. The van der Waals surface area contributed by atoms with E-state index in [4.69, 9.17) is 39.2 Å². The highest BCUT2D eigenvalue weighted by molar-refractivity contribution is 6.66. The van der Waals surface area contributed by atoms with Crippen LogP contribution in [0.3, 0.4) is 0 Å². The summed E-state index contributed by atoms with van der Waals surface area (Å²) in [7, 11) is 0. The van der Waals surface area contributed by atoms with Crippen molar-refractivity contribution in [2.24, 2.45) is 0 Å². The lowest BCUT2D eigenvalue weighted by Crippen LogP contribution is -1.77. The molecule has 0 amide bonds. The predicted molar refractivity (Wildman–Crippen MR) is 74.1 cm³/mol. The molecule has 0 aliphatic rings. The first-order valence-corrected chi connectivity index (χ1v) is 6.13. The quantitative estimate of drug-likeness (QED) is 0.588. The summed E-state index contributed by atoms with van der Waals surface area (Å²) in [5.74, 6) is 1.08. The molecule has 0 saturated carbocycles. The Morgan fingerprint density at radius 1 is 1.17 bits per heavy atom. The molecule has 18 heavy (non-hydrogen) atoms. The molecule has 1 aromatic carbocycles. The maximum Gasteiger partial charge on any atom is 0.245 e. The van der Waals surface area contributed by atoms with Crippen LogP contribution in [0, 0.1) is 0 Å². The third-order valence-corrected chi connectivity index (χ3v) is 3.17. The molecule has 0 spiro atoms. The first-order valence-electron chi connectivity index (χ1n) is 4.99. The van der Waals surface area contributed by atoms with Gasteiger partial charge in [-0.3, -0.25) is 4.79 Å². The van der Waals surface area contributed by atoms with Gasteiger partial charge in [0.05, 0.1) is 10.0 Å². The minimum Gasteiger partial charge on any atom is -0.457 e. The van der Waals surface area contributed by atoms with E-state index in [1.54, 1.807) is 30.3 Å². The van der Waals surface area contributed by atoms with Gasteiger partial charge >= 0.3 is 0 Å². The molecule has 0 atom stereocenters. The molecule has 1 aromatic heterocycles. The van der Waals surface area contributed by atoms with Gasteiger partial charge in [0.25, 0.3) is 0 Å². The van der Waals surface area contributed by atoms with E-state index in [-0.39, 0.29) is 0 Å². The highest BCUT2D eigenvalue weighted by atomic mass is 35.5. The molecule has 2 aromatic rings. The van der Waals surface area contributed by atoms with Crippen molar-refractivity contribution in [2.75, 3.05) is 0 Å². The third-order valence-electron chi connectivity index (χ3n) is 2.22. The van der Waals surface area contributed by atoms with E-state index < -0.39 is 5.24 Å². The van der Waals surface area contributed by atoms with Gasteiger partial charge in [-0.1, -0.05) is 29.3 Å². The summed E-state index contributed by atoms with van der Waals surface area (Å²) in [5.41, 5.74) is 0.695. The summed E-state index contributed by atoms with van der Waals surface area (Å²) in [6, 6.07) is 8.74. The Balaban J connectivity index is 2.35. The molecular weight excluding hydrogens is 294 g/mol. The van der Waals surface area contributed by atoms with Crippen LogP contribution in [0.15, 0.2) is 40.8 Å². The topological polar surface area (TPSA) is 30.2 Å². The summed E-state index contributed by atoms with van der Waals surface area (Å²) in [6.45, 7) is 0. The fourth-order valence-corrected chi connectivity index (χ4v) is 1.89. The molecule has 2 rings (SSSR count). The standard InChI is InChI=1S/C13H7Cl3O2/c14-10-3-1-2-9(13(10)16)11-6-4-8(18-11)5-7-12(15)17/h1-7H/b7-5+. The van der Waals surface area contributed by atoms with Crippen molar-refractivity contribution in [2.45, 2.75) is 0 Å². The van der Waals surface area contributed by atoms with E-state index in [9.17, 15) is 4.79 Å². The average molecular weight is 302 g/mol. The normalized spacial score (nSPS) is 11.1. The molecule has 0 fully saturated rings. The average Bonchev–Trinajstić information content (AvgIpc) is 2.78. The number of furan rings is 1. The Labute approximate surface area is 119 Å². The smallest absolute Gasteiger partial charge is 0.245 e. The third kappa shape index (κ3) is 2.96. The number of carbonyl (C=O) groups is 1. The molecule has 0 saturated heterocycles. The first-order chi connectivity index (χ1) is 8.58. The Bertz CT molecular complexity index is 614. The van der Waals surface area contributed by atoms with Crippen LogP contribution in [0.5, 0.6) is 0 Å². The highest BCUT2D eigenvalue weighted by Crippen LogP contribution is 2.34. The minimum absolute atomic E-state index is 0.428. The van der Waals surface area contributed by atoms with Crippen LogP contribution in [0.1, 0.15) is 5.76 Å². The molecule has 2 nitrogen and oxygen atoms in total. The molecular formula is C13H7Cl3O2. The summed E-state index contributed by atoms with van der Waals surface area (Å²) in [5, 5.41) is 0.324. The van der Waals surface area contributed by atoms with Crippen molar-refractivity contribution in [3.8, 4) is 11.3 Å². The van der Waals surface area contributed by atoms with E-state index in [1.807, 2.05) is 0 Å². The second kappa shape index (κ2) is 5.61. The molecule has 0 bridgehead atoms. The van der Waals surface area contributed by atoms with E-state index in [0.717, 1.165) is 0 Å².